The molecule has 1 aromatic carbocycles. The normalized spacial score (nSPS) is 30.2. The van der Waals surface area contributed by atoms with Crippen LogP contribution in [0.1, 0.15) is 48.5 Å². The third-order valence-corrected chi connectivity index (χ3v) is 5.77. The Morgan fingerprint density at radius 2 is 2.04 bits per heavy atom. The summed E-state index contributed by atoms with van der Waals surface area (Å²) < 4.78 is 5.23. The van der Waals surface area contributed by atoms with E-state index in [2.05, 4.69) is 0 Å². The Labute approximate surface area is 136 Å². The maximum Gasteiger partial charge on any atom is 0.166 e. The Hall–Kier alpha value is -1.97. The second-order valence-electron chi connectivity index (χ2n) is 6.89. The maximum atomic E-state index is 13.0. The van der Waals surface area contributed by atoms with Crippen molar-refractivity contribution < 1.29 is 19.1 Å². The first kappa shape index (κ1) is 15.9. The van der Waals surface area contributed by atoms with Crippen LogP contribution in [0.2, 0.25) is 0 Å². The molecule has 4 heteroatoms. The third-order valence-electron chi connectivity index (χ3n) is 5.77. The van der Waals surface area contributed by atoms with Gasteiger partial charge in [0.05, 0.1) is 7.11 Å². The van der Waals surface area contributed by atoms with E-state index < -0.39 is 5.41 Å². The van der Waals surface area contributed by atoms with Crippen molar-refractivity contribution in [3.63, 3.8) is 0 Å². The van der Waals surface area contributed by atoms with Gasteiger partial charge in [0.1, 0.15) is 17.8 Å². The second-order valence-corrected chi connectivity index (χ2v) is 6.89. The van der Waals surface area contributed by atoms with E-state index in [9.17, 15) is 14.4 Å². The number of ketones is 2. The van der Waals surface area contributed by atoms with Crippen LogP contribution in [0.5, 0.6) is 5.75 Å². The van der Waals surface area contributed by atoms with E-state index >= 15 is 0 Å². The smallest absolute Gasteiger partial charge is 0.166 e. The van der Waals surface area contributed by atoms with Crippen LogP contribution in [0.4, 0.5) is 0 Å². The predicted octanol–water partition coefficient (Wildman–Crippen LogP) is 3.01. The molecule has 122 valence electrons. The number of hydrogen-bond donors (Lipinski definition) is 0. The maximum absolute atomic E-state index is 13.0. The van der Waals surface area contributed by atoms with Crippen molar-refractivity contribution in [2.45, 2.75) is 39.0 Å². The topological polar surface area (TPSA) is 60.4 Å². The minimum Gasteiger partial charge on any atom is -0.497 e. The SMILES string of the molecule is COc1ccc2c(c1)CC[C@H]([C@@H]1CCC(=O)[C@@]1(C)CC=O)C2=O. The van der Waals surface area contributed by atoms with Gasteiger partial charge in [-0.1, -0.05) is 6.92 Å². The van der Waals surface area contributed by atoms with Crippen LogP contribution in [-0.4, -0.2) is 25.0 Å². The molecule has 3 rings (SSSR count). The van der Waals surface area contributed by atoms with Crippen LogP contribution in [0.15, 0.2) is 18.2 Å². The molecular weight excluding hydrogens is 292 g/mol. The minimum atomic E-state index is -0.675. The summed E-state index contributed by atoms with van der Waals surface area (Å²) in [6.45, 7) is 1.86. The molecule has 0 aromatic heterocycles. The summed E-state index contributed by atoms with van der Waals surface area (Å²) in [5.41, 5.74) is 1.09. The fourth-order valence-corrected chi connectivity index (χ4v) is 4.35. The highest BCUT2D eigenvalue weighted by atomic mass is 16.5. The Balaban J connectivity index is 1.91. The molecule has 0 aliphatic heterocycles. The molecule has 1 saturated carbocycles. The van der Waals surface area contributed by atoms with Crippen LogP contribution in [0.25, 0.3) is 0 Å². The average molecular weight is 314 g/mol. The number of aryl methyl sites for hydroxylation is 1. The van der Waals surface area contributed by atoms with Crippen molar-refractivity contribution in [1.82, 2.24) is 0 Å². The summed E-state index contributed by atoms with van der Waals surface area (Å²) in [6, 6.07) is 5.56. The van der Waals surface area contributed by atoms with Gasteiger partial charge in [-0.15, -0.1) is 0 Å². The van der Waals surface area contributed by atoms with Gasteiger partial charge < -0.3 is 9.53 Å². The lowest BCUT2D eigenvalue weighted by Crippen LogP contribution is -2.39. The van der Waals surface area contributed by atoms with Crippen LogP contribution < -0.4 is 4.74 Å². The summed E-state index contributed by atoms with van der Waals surface area (Å²) in [5, 5.41) is 0. The van der Waals surface area contributed by atoms with E-state index in [0.29, 0.717) is 12.8 Å². The highest BCUT2D eigenvalue weighted by molar-refractivity contribution is 6.01. The second kappa shape index (κ2) is 5.91. The molecule has 0 saturated heterocycles. The highest BCUT2D eigenvalue weighted by Crippen LogP contribution is 2.49. The zero-order valence-electron chi connectivity index (χ0n) is 13.6. The van der Waals surface area contributed by atoms with Crippen molar-refractivity contribution in [2.75, 3.05) is 7.11 Å². The number of hydrogen-bond acceptors (Lipinski definition) is 4. The fraction of sp³-hybridized carbons (Fsp3) is 0.526. The molecule has 4 nitrogen and oxygen atoms in total. The van der Waals surface area contributed by atoms with E-state index in [0.717, 1.165) is 36.0 Å². The van der Waals surface area contributed by atoms with Gasteiger partial charge in [0.15, 0.2) is 5.78 Å². The summed E-state index contributed by atoms with van der Waals surface area (Å²) in [7, 11) is 1.62. The first-order chi connectivity index (χ1) is 11.0. The first-order valence-corrected chi connectivity index (χ1v) is 8.19. The molecular formula is C19H22O4. The van der Waals surface area contributed by atoms with Crippen molar-refractivity contribution in [3.8, 4) is 5.75 Å². The number of rotatable bonds is 4. The molecule has 3 atom stereocenters. The van der Waals surface area contributed by atoms with E-state index in [1.165, 1.54) is 0 Å². The summed E-state index contributed by atoms with van der Waals surface area (Å²) in [6.07, 6.45) is 3.79. The lowest BCUT2D eigenvalue weighted by atomic mass is 9.65. The number of carbonyl (C=O) groups excluding carboxylic acids is 3. The lowest BCUT2D eigenvalue weighted by Gasteiger charge is -2.36. The van der Waals surface area contributed by atoms with Crippen LogP contribution >= 0.6 is 0 Å². The van der Waals surface area contributed by atoms with Crippen LogP contribution in [-0.2, 0) is 16.0 Å². The minimum absolute atomic E-state index is 0.0250. The number of benzene rings is 1. The standard InChI is InChI=1S/C19H22O4/c1-19(9-10-20)16(7-8-17(19)21)15-5-3-12-11-13(23-2)4-6-14(12)18(15)22/h4,6,10-11,15-16H,3,5,7-9H2,1-2H3/t15-,16+,19+/m1/s1. The molecule has 2 aliphatic carbocycles. The van der Waals surface area contributed by atoms with Gasteiger partial charge >= 0.3 is 0 Å². The van der Waals surface area contributed by atoms with Gasteiger partial charge in [-0.25, -0.2) is 0 Å². The van der Waals surface area contributed by atoms with Gasteiger partial charge in [0, 0.05) is 29.7 Å². The monoisotopic (exact) mass is 314 g/mol. The zero-order chi connectivity index (χ0) is 16.6. The van der Waals surface area contributed by atoms with Crippen LogP contribution in [0, 0.1) is 17.3 Å². The number of carbonyl (C=O) groups is 3. The number of fused-ring (bicyclic) bond motifs is 1. The molecule has 0 amide bonds. The van der Waals surface area contributed by atoms with Gasteiger partial charge in [0.2, 0.25) is 0 Å². The zero-order valence-corrected chi connectivity index (χ0v) is 13.6. The number of methoxy groups -OCH3 is 1. The van der Waals surface area contributed by atoms with Crippen LogP contribution in [0.3, 0.4) is 0 Å². The van der Waals surface area contributed by atoms with Crippen molar-refractivity contribution in [1.29, 1.82) is 0 Å². The molecule has 0 bridgehead atoms. The summed E-state index contributed by atoms with van der Waals surface area (Å²) in [4.78, 5) is 36.3. The Morgan fingerprint density at radius 1 is 1.26 bits per heavy atom. The van der Waals surface area contributed by atoms with Gasteiger partial charge in [-0.05, 0) is 48.9 Å². The largest absolute Gasteiger partial charge is 0.497 e. The quantitative estimate of drug-likeness (QED) is 0.802. The first-order valence-electron chi connectivity index (χ1n) is 8.19. The molecule has 0 heterocycles. The Morgan fingerprint density at radius 3 is 2.74 bits per heavy atom. The van der Waals surface area contributed by atoms with Crippen molar-refractivity contribution >= 4 is 17.9 Å². The number of Topliss-reactive ketones (excluding diaryl/α,β-unsaturated/α-hetero) is 2. The predicted molar refractivity (Wildman–Crippen MR) is 85.7 cm³/mol. The fourth-order valence-electron chi connectivity index (χ4n) is 4.35. The lowest BCUT2D eigenvalue weighted by molar-refractivity contribution is -0.129. The van der Waals surface area contributed by atoms with Crippen molar-refractivity contribution in [3.05, 3.63) is 29.3 Å². The van der Waals surface area contributed by atoms with Gasteiger partial charge in [0.25, 0.3) is 0 Å². The van der Waals surface area contributed by atoms with E-state index in [1.807, 2.05) is 25.1 Å². The molecule has 1 fully saturated rings. The Kier molecular flexibility index (Phi) is 4.09. The third kappa shape index (κ3) is 2.50. The van der Waals surface area contributed by atoms with E-state index in [4.69, 9.17) is 4.74 Å². The summed E-state index contributed by atoms with van der Waals surface area (Å²) in [5.74, 6) is 0.820. The highest BCUT2D eigenvalue weighted by Gasteiger charge is 2.51. The van der Waals surface area contributed by atoms with E-state index in [1.54, 1.807) is 7.11 Å². The average Bonchev–Trinajstić information content (AvgIpc) is 2.83. The summed E-state index contributed by atoms with van der Waals surface area (Å²) >= 11 is 0. The molecule has 23 heavy (non-hydrogen) atoms. The molecule has 0 unspecified atom stereocenters. The molecule has 0 radical (unpaired) electrons. The Bertz CT molecular complexity index is 663. The van der Waals surface area contributed by atoms with E-state index in [-0.39, 0.29) is 29.8 Å². The molecule has 0 N–H and O–H groups in total. The molecule has 2 aliphatic rings. The number of aldehydes is 1. The molecule has 0 spiro atoms. The number of ether oxygens (including phenoxy) is 1. The molecule has 1 aromatic rings. The van der Waals surface area contributed by atoms with Gasteiger partial charge in [-0.2, -0.15) is 0 Å². The van der Waals surface area contributed by atoms with Crippen molar-refractivity contribution in [2.24, 2.45) is 17.3 Å². The van der Waals surface area contributed by atoms with Gasteiger partial charge in [-0.3, -0.25) is 9.59 Å².